The maximum Gasteiger partial charge on any atom is 0.251 e. The molecule has 1 heterocycles. The number of nitrogens with zero attached hydrogens (tertiary/aromatic N) is 2. The predicted octanol–water partition coefficient (Wildman–Crippen LogP) is 4.07. The van der Waals surface area contributed by atoms with Gasteiger partial charge in [-0.1, -0.05) is 29.8 Å². The average molecular weight is 370 g/mol. The number of benzene rings is 2. The van der Waals surface area contributed by atoms with Gasteiger partial charge in [-0.25, -0.2) is 0 Å². The van der Waals surface area contributed by atoms with Crippen LogP contribution < -0.4 is 10.1 Å². The van der Waals surface area contributed by atoms with Crippen molar-refractivity contribution >= 4 is 17.5 Å². The molecular weight excluding hydrogens is 350 g/mol. The van der Waals surface area contributed by atoms with E-state index in [0.29, 0.717) is 29.5 Å². The lowest BCUT2D eigenvalue weighted by Gasteiger charge is -2.09. The largest absolute Gasteiger partial charge is 0.489 e. The van der Waals surface area contributed by atoms with Crippen LogP contribution in [0.2, 0.25) is 5.02 Å². The second kappa shape index (κ2) is 8.54. The van der Waals surface area contributed by atoms with Crippen LogP contribution in [0.1, 0.15) is 28.5 Å². The molecule has 0 aliphatic rings. The van der Waals surface area contributed by atoms with Crippen molar-refractivity contribution in [3.05, 3.63) is 82.6 Å². The van der Waals surface area contributed by atoms with Crippen LogP contribution in [-0.4, -0.2) is 15.7 Å². The summed E-state index contributed by atoms with van der Waals surface area (Å²) in [6, 6.07) is 16.5. The molecule has 1 aromatic heterocycles. The summed E-state index contributed by atoms with van der Waals surface area (Å²) in [5.41, 5.74) is 2.57. The molecule has 0 bridgehead atoms. The van der Waals surface area contributed by atoms with Gasteiger partial charge < -0.3 is 10.1 Å². The van der Waals surface area contributed by atoms with E-state index in [-0.39, 0.29) is 5.91 Å². The second-order valence-electron chi connectivity index (χ2n) is 5.76. The number of carbonyl (C=O) groups is 1. The third-order valence-electron chi connectivity index (χ3n) is 3.95. The van der Waals surface area contributed by atoms with Crippen molar-refractivity contribution in [2.24, 2.45) is 0 Å². The number of rotatable bonds is 7. The van der Waals surface area contributed by atoms with Crippen molar-refractivity contribution in [2.75, 3.05) is 0 Å². The summed E-state index contributed by atoms with van der Waals surface area (Å²) in [5, 5.41) is 7.74. The normalized spacial score (nSPS) is 10.5. The highest BCUT2D eigenvalue weighted by Crippen LogP contribution is 2.18. The van der Waals surface area contributed by atoms with Gasteiger partial charge in [-0.15, -0.1) is 0 Å². The first-order chi connectivity index (χ1) is 12.7. The predicted molar refractivity (Wildman–Crippen MR) is 101 cm³/mol. The zero-order valence-electron chi connectivity index (χ0n) is 14.5. The number of ether oxygens (including phenoxy) is 1. The number of hydrogen-bond acceptors (Lipinski definition) is 3. The molecule has 0 fully saturated rings. The van der Waals surface area contributed by atoms with Crippen LogP contribution in [0, 0.1) is 0 Å². The van der Waals surface area contributed by atoms with E-state index in [1.165, 1.54) is 0 Å². The van der Waals surface area contributed by atoms with Crippen molar-refractivity contribution in [1.29, 1.82) is 0 Å². The highest BCUT2D eigenvalue weighted by atomic mass is 35.5. The van der Waals surface area contributed by atoms with Crippen molar-refractivity contribution in [3.8, 4) is 5.75 Å². The Morgan fingerprint density at radius 3 is 2.73 bits per heavy atom. The molecule has 26 heavy (non-hydrogen) atoms. The zero-order chi connectivity index (χ0) is 18.4. The van der Waals surface area contributed by atoms with Gasteiger partial charge >= 0.3 is 0 Å². The maximum atomic E-state index is 12.3. The summed E-state index contributed by atoms with van der Waals surface area (Å²) in [6.45, 7) is 3.66. The Morgan fingerprint density at radius 2 is 2.00 bits per heavy atom. The highest BCUT2D eigenvalue weighted by Gasteiger charge is 2.07. The minimum absolute atomic E-state index is 0.115. The summed E-state index contributed by atoms with van der Waals surface area (Å²) in [7, 11) is 0. The van der Waals surface area contributed by atoms with Crippen LogP contribution >= 0.6 is 11.6 Å². The van der Waals surface area contributed by atoms with Gasteiger partial charge in [0.25, 0.3) is 5.91 Å². The minimum Gasteiger partial charge on any atom is -0.489 e. The SMILES string of the molecule is CCn1nccc1CNC(=O)c1ccc(COc2cccc(Cl)c2)cc1. The molecule has 5 nitrogen and oxygen atoms in total. The van der Waals surface area contributed by atoms with Crippen LogP contribution in [0.15, 0.2) is 60.8 Å². The lowest BCUT2D eigenvalue weighted by Crippen LogP contribution is -2.24. The van der Waals surface area contributed by atoms with E-state index in [0.717, 1.165) is 17.8 Å². The van der Waals surface area contributed by atoms with E-state index < -0.39 is 0 Å². The Hall–Kier alpha value is -2.79. The number of aryl methyl sites for hydroxylation is 1. The van der Waals surface area contributed by atoms with Gasteiger partial charge in [-0.3, -0.25) is 9.48 Å². The van der Waals surface area contributed by atoms with Crippen molar-refractivity contribution in [3.63, 3.8) is 0 Å². The summed E-state index contributed by atoms with van der Waals surface area (Å²) in [4.78, 5) is 12.3. The Bertz CT molecular complexity index is 875. The molecule has 0 spiro atoms. The molecule has 0 unspecified atom stereocenters. The summed E-state index contributed by atoms with van der Waals surface area (Å²) in [5.74, 6) is 0.600. The Balaban J connectivity index is 1.54. The van der Waals surface area contributed by atoms with Crippen LogP contribution in [0.4, 0.5) is 0 Å². The second-order valence-corrected chi connectivity index (χ2v) is 6.20. The summed E-state index contributed by atoms with van der Waals surface area (Å²) < 4.78 is 7.56. The lowest BCUT2D eigenvalue weighted by atomic mass is 10.1. The number of aromatic nitrogens is 2. The molecule has 134 valence electrons. The quantitative estimate of drug-likeness (QED) is 0.683. The molecule has 0 radical (unpaired) electrons. The Labute approximate surface area is 157 Å². The maximum absolute atomic E-state index is 12.3. The Kier molecular flexibility index (Phi) is 5.92. The van der Waals surface area contributed by atoms with Gasteiger partial charge in [0, 0.05) is 23.3 Å². The van der Waals surface area contributed by atoms with Crippen molar-refractivity contribution in [2.45, 2.75) is 26.6 Å². The molecule has 3 rings (SSSR count). The van der Waals surface area contributed by atoms with E-state index in [9.17, 15) is 4.79 Å². The molecule has 0 aliphatic carbocycles. The molecule has 2 aromatic carbocycles. The number of amides is 1. The zero-order valence-corrected chi connectivity index (χ0v) is 15.2. The van der Waals surface area contributed by atoms with Gasteiger partial charge in [0.1, 0.15) is 12.4 Å². The molecule has 1 N–H and O–H groups in total. The highest BCUT2D eigenvalue weighted by molar-refractivity contribution is 6.30. The molecule has 0 atom stereocenters. The standard InChI is InChI=1S/C20H20ClN3O2/c1-2-24-18(10-11-23-24)13-22-20(25)16-8-6-15(7-9-16)14-26-19-5-3-4-17(21)12-19/h3-12H,2,13-14H2,1H3,(H,22,25). The van der Waals surface area contributed by atoms with E-state index >= 15 is 0 Å². The third kappa shape index (κ3) is 4.64. The molecule has 3 aromatic rings. The van der Waals surface area contributed by atoms with Gasteiger partial charge in [-0.2, -0.15) is 5.10 Å². The molecule has 0 saturated heterocycles. The van der Waals surface area contributed by atoms with Gasteiger partial charge in [0.2, 0.25) is 0 Å². The fraction of sp³-hybridized carbons (Fsp3) is 0.200. The van der Waals surface area contributed by atoms with Gasteiger partial charge in [0.15, 0.2) is 0 Å². The summed E-state index contributed by atoms with van der Waals surface area (Å²) in [6.07, 6.45) is 1.74. The number of halogens is 1. The monoisotopic (exact) mass is 369 g/mol. The first kappa shape index (κ1) is 18.0. The minimum atomic E-state index is -0.115. The van der Waals surface area contributed by atoms with Crippen LogP contribution in [-0.2, 0) is 19.7 Å². The fourth-order valence-corrected chi connectivity index (χ4v) is 2.72. The topological polar surface area (TPSA) is 56.2 Å². The van der Waals surface area contributed by atoms with E-state index in [4.69, 9.17) is 16.3 Å². The molecule has 1 amide bonds. The molecular formula is C20H20ClN3O2. The smallest absolute Gasteiger partial charge is 0.251 e. The van der Waals surface area contributed by atoms with Crippen LogP contribution in [0.25, 0.3) is 0 Å². The van der Waals surface area contributed by atoms with Crippen molar-refractivity contribution < 1.29 is 9.53 Å². The van der Waals surface area contributed by atoms with E-state index in [1.807, 2.05) is 41.9 Å². The van der Waals surface area contributed by atoms with Crippen molar-refractivity contribution in [1.82, 2.24) is 15.1 Å². The summed E-state index contributed by atoms with van der Waals surface area (Å²) >= 11 is 5.94. The fourth-order valence-electron chi connectivity index (χ4n) is 2.54. The lowest BCUT2D eigenvalue weighted by molar-refractivity contribution is 0.0950. The molecule has 0 saturated carbocycles. The van der Waals surface area contributed by atoms with E-state index in [1.54, 1.807) is 30.5 Å². The Morgan fingerprint density at radius 1 is 1.19 bits per heavy atom. The number of hydrogen-bond donors (Lipinski definition) is 1. The molecule has 6 heteroatoms. The first-order valence-corrected chi connectivity index (χ1v) is 8.79. The average Bonchev–Trinajstić information content (AvgIpc) is 3.12. The molecule has 0 aliphatic heterocycles. The number of nitrogens with one attached hydrogen (secondary N) is 1. The van der Waals surface area contributed by atoms with Gasteiger partial charge in [-0.05, 0) is 48.9 Å². The van der Waals surface area contributed by atoms with Crippen LogP contribution in [0.5, 0.6) is 5.75 Å². The van der Waals surface area contributed by atoms with E-state index in [2.05, 4.69) is 10.4 Å². The van der Waals surface area contributed by atoms with Gasteiger partial charge in [0.05, 0.1) is 12.2 Å². The van der Waals surface area contributed by atoms with Crippen LogP contribution in [0.3, 0.4) is 0 Å². The third-order valence-corrected chi connectivity index (χ3v) is 4.19. The first-order valence-electron chi connectivity index (χ1n) is 8.42. The number of carbonyl (C=O) groups excluding carboxylic acids is 1.